The molecular weight excluding hydrogens is 308 g/mol. The van der Waals surface area contributed by atoms with Gasteiger partial charge in [0.15, 0.2) is 0 Å². The lowest BCUT2D eigenvalue weighted by atomic mass is 9.60. The monoisotopic (exact) mass is 328 g/mol. The summed E-state index contributed by atoms with van der Waals surface area (Å²) in [6, 6.07) is 0. The first kappa shape index (κ1) is 15.3. The Kier molecular flexibility index (Phi) is 3.11. The first-order chi connectivity index (χ1) is 11.4. The Balaban J connectivity index is 1.79. The van der Waals surface area contributed by atoms with E-state index in [1.165, 1.54) is 23.9 Å². The van der Waals surface area contributed by atoms with Gasteiger partial charge in [-0.25, -0.2) is 0 Å². The molecule has 0 aromatic heterocycles. The summed E-state index contributed by atoms with van der Waals surface area (Å²) in [5, 5.41) is 0. The lowest BCUT2D eigenvalue weighted by Gasteiger charge is -2.40. The number of nitrogens with zero attached hydrogens (tertiary/aromatic N) is 2. The molecule has 1 saturated carbocycles. The van der Waals surface area contributed by atoms with Crippen LogP contribution in [0.15, 0.2) is 23.8 Å². The lowest BCUT2D eigenvalue weighted by Crippen LogP contribution is -2.40. The van der Waals surface area contributed by atoms with E-state index in [4.69, 9.17) is 0 Å². The first-order valence-corrected chi connectivity index (χ1v) is 8.34. The molecule has 2 heterocycles. The van der Waals surface area contributed by atoms with Gasteiger partial charge in [-0.3, -0.25) is 29.0 Å². The number of carbonyl (C=O) groups excluding carboxylic acids is 4. The van der Waals surface area contributed by atoms with E-state index in [1.54, 1.807) is 6.08 Å². The zero-order valence-electron chi connectivity index (χ0n) is 13.8. The van der Waals surface area contributed by atoms with Crippen molar-refractivity contribution in [2.45, 2.75) is 19.3 Å². The maximum atomic E-state index is 12.6. The Morgan fingerprint density at radius 1 is 0.833 bits per heavy atom. The number of carbonyl (C=O) groups is 4. The van der Waals surface area contributed by atoms with Gasteiger partial charge in [0.1, 0.15) is 0 Å². The topological polar surface area (TPSA) is 74.8 Å². The van der Waals surface area contributed by atoms with Crippen molar-refractivity contribution >= 4 is 23.6 Å². The molecule has 3 fully saturated rings. The van der Waals surface area contributed by atoms with E-state index in [-0.39, 0.29) is 47.3 Å². The Morgan fingerprint density at radius 3 is 2.08 bits per heavy atom. The quantitative estimate of drug-likeness (QED) is 0.666. The van der Waals surface area contributed by atoms with Crippen LogP contribution in [-0.2, 0) is 19.2 Å². The molecule has 0 aromatic carbocycles. The molecule has 126 valence electrons. The van der Waals surface area contributed by atoms with E-state index >= 15 is 0 Å². The van der Waals surface area contributed by atoms with Crippen LogP contribution >= 0.6 is 0 Å². The van der Waals surface area contributed by atoms with Crippen LogP contribution in [0.1, 0.15) is 19.3 Å². The molecule has 6 heteroatoms. The first-order valence-electron chi connectivity index (χ1n) is 8.34. The SMILES string of the molecule is C=CC1=C2C[C@@H]3C(=O)N(C)C(=O)[C@@H]3C[C@@H]2[C@@H]2C(=O)N(C)C(=O)[C@@H]2C1. The molecule has 24 heavy (non-hydrogen) atoms. The largest absolute Gasteiger partial charge is 0.285 e. The van der Waals surface area contributed by atoms with Gasteiger partial charge in [-0.15, -0.1) is 0 Å². The minimum atomic E-state index is -0.393. The molecule has 0 N–H and O–H groups in total. The number of fused-ring (bicyclic) bond motifs is 4. The van der Waals surface area contributed by atoms with E-state index in [0.717, 1.165) is 11.1 Å². The van der Waals surface area contributed by atoms with E-state index < -0.39 is 5.92 Å². The molecule has 0 radical (unpaired) electrons. The maximum absolute atomic E-state index is 12.6. The van der Waals surface area contributed by atoms with Crippen molar-refractivity contribution in [3.05, 3.63) is 23.8 Å². The Bertz CT molecular complexity index is 737. The molecule has 0 bridgehead atoms. The smallest absolute Gasteiger partial charge is 0.233 e. The molecule has 6 nitrogen and oxygen atoms in total. The summed E-state index contributed by atoms with van der Waals surface area (Å²) in [7, 11) is 3.05. The third-order valence-electron chi connectivity index (χ3n) is 6.41. The van der Waals surface area contributed by atoms with Gasteiger partial charge in [0, 0.05) is 14.1 Å². The molecule has 2 aliphatic heterocycles. The molecule has 0 unspecified atom stereocenters. The summed E-state index contributed by atoms with van der Waals surface area (Å²) >= 11 is 0. The van der Waals surface area contributed by atoms with Crippen molar-refractivity contribution in [3.8, 4) is 0 Å². The van der Waals surface area contributed by atoms with Crippen molar-refractivity contribution in [3.63, 3.8) is 0 Å². The second kappa shape index (κ2) is 4.88. The summed E-state index contributed by atoms with van der Waals surface area (Å²) in [6.45, 7) is 3.86. The van der Waals surface area contributed by atoms with Crippen molar-refractivity contribution in [2.24, 2.45) is 29.6 Å². The van der Waals surface area contributed by atoms with Crippen LogP contribution in [0.3, 0.4) is 0 Å². The van der Waals surface area contributed by atoms with Crippen molar-refractivity contribution in [1.29, 1.82) is 0 Å². The normalized spacial score (nSPS) is 38.5. The van der Waals surface area contributed by atoms with Gasteiger partial charge in [-0.2, -0.15) is 0 Å². The van der Waals surface area contributed by atoms with Gasteiger partial charge in [0.2, 0.25) is 23.6 Å². The molecular formula is C18H20N2O4. The van der Waals surface area contributed by atoms with Crippen LogP contribution in [-0.4, -0.2) is 47.5 Å². The maximum Gasteiger partial charge on any atom is 0.233 e. The lowest BCUT2D eigenvalue weighted by molar-refractivity contribution is -0.140. The number of hydrogen-bond acceptors (Lipinski definition) is 4. The predicted octanol–water partition coefficient (Wildman–Crippen LogP) is 0.745. The molecule has 0 spiro atoms. The number of imide groups is 2. The van der Waals surface area contributed by atoms with Gasteiger partial charge >= 0.3 is 0 Å². The standard InChI is InChI=1S/C18H20N2O4/c1-4-8-5-13-14(18(24)20(3)17(13)23)10-7-12-11(6-9(8)10)15(21)19(2)16(12)22/h4,10-14H,1,5-7H2,2-3H3/t10-,11-,12+,13+,14-/m0/s1. The van der Waals surface area contributed by atoms with Crippen LogP contribution < -0.4 is 0 Å². The summed E-state index contributed by atoms with van der Waals surface area (Å²) < 4.78 is 0. The summed E-state index contributed by atoms with van der Waals surface area (Å²) in [4.78, 5) is 52.2. The molecule has 4 rings (SSSR count). The van der Waals surface area contributed by atoms with Crippen LogP contribution in [0.2, 0.25) is 0 Å². The zero-order chi connectivity index (χ0) is 17.3. The highest BCUT2D eigenvalue weighted by Gasteiger charge is 2.58. The fourth-order valence-electron chi connectivity index (χ4n) is 5.14. The van der Waals surface area contributed by atoms with Crippen molar-refractivity contribution in [1.82, 2.24) is 9.80 Å². The van der Waals surface area contributed by atoms with E-state index in [9.17, 15) is 19.2 Å². The zero-order valence-corrected chi connectivity index (χ0v) is 13.8. The van der Waals surface area contributed by atoms with E-state index in [2.05, 4.69) is 6.58 Å². The predicted molar refractivity (Wildman–Crippen MR) is 84.1 cm³/mol. The van der Waals surface area contributed by atoms with Gasteiger partial charge in [0.25, 0.3) is 0 Å². The Morgan fingerprint density at radius 2 is 1.42 bits per heavy atom. The number of allylic oxidation sites excluding steroid dienone is 3. The van der Waals surface area contributed by atoms with Gasteiger partial charge in [-0.05, 0) is 30.8 Å². The second-order valence-corrected chi connectivity index (χ2v) is 7.32. The van der Waals surface area contributed by atoms with Crippen LogP contribution in [0.5, 0.6) is 0 Å². The number of likely N-dealkylation sites (tertiary alicyclic amines) is 2. The summed E-state index contributed by atoms with van der Waals surface area (Å²) in [5.74, 6) is -2.16. The van der Waals surface area contributed by atoms with Crippen LogP contribution in [0.4, 0.5) is 0 Å². The van der Waals surface area contributed by atoms with Gasteiger partial charge in [0.05, 0.1) is 23.7 Å². The van der Waals surface area contributed by atoms with Gasteiger partial charge < -0.3 is 0 Å². The molecule has 2 saturated heterocycles. The number of amides is 4. The fourth-order valence-corrected chi connectivity index (χ4v) is 5.14. The van der Waals surface area contributed by atoms with Crippen LogP contribution in [0.25, 0.3) is 0 Å². The molecule has 4 aliphatic rings. The fraction of sp³-hybridized carbons (Fsp3) is 0.556. The highest BCUT2D eigenvalue weighted by atomic mass is 16.2. The average Bonchev–Trinajstić information content (AvgIpc) is 2.93. The Hall–Kier alpha value is -2.24. The third-order valence-corrected chi connectivity index (χ3v) is 6.41. The second-order valence-electron chi connectivity index (χ2n) is 7.32. The summed E-state index contributed by atoms with van der Waals surface area (Å²) in [6.07, 6.45) is 3.23. The van der Waals surface area contributed by atoms with E-state index in [0.29, 0.717) is 19.3 Å². The molecule has 2 aliphatic carbocycles. The van der Waals surface area contributed by atoms with Crippen molar-refractivity contribution < 1.29 is 19.2 Å². The van der Waals surface area contributed by atoms with Crippen LogP contribution in [0, 0.1) is 29.6 Å². The van der Waals surface area contributed by atoms with E-state index in [1.807, 2.05) is 0 Å². The number of rotatable bonds is 1. The minimum absolute atomic E-state index is 0.132. The summed E-state index contributed by atoms with van der Waals surface area (Å²) in [5.41, 5.74) is 2.03. The highest BCUT2D eigenvalue weighted by molar-refractivity contribution is 6.07. The number of hydrogen-bond donors (Lipinski definition) is 0. The Labute approximate surface area is 140 Å². The molecule has 0 aromatic rings. The van der Waals surface area contributed by atoms with Crippen molar-refractivity contribution in [2.75, 3.05) is 14.1 Å². The minimum Gasteiger partial charge on any atom is -0.285 e. The highest BCUT2D eigenvalue weighted by Crippen LogP contribution is 2.54. The third kappa shape index (κ3) is 1.71. The molecule has 4 amide bonds. The molecule has 5 atom stereocenters. The van der Waals surface area contributed by atoms with Gasteiger partial charge in [-0.1, -0.05) is 18.2 Å². The average molecular weight is 328 g/mol.